The highest BCUT2D eigenvalue weighted by Crippen LogP contribution is 2.29. The van der Waals surface area contributed by atoms with Gasteiger partial charge in [-0.3, -0.25) is 14.5 Å². The van der Waals surface area contributed by atoms with Crippen LogP contribution in [0.15, 0.2) is 17.5 Å². The molecule has 1 saturated carbocycles. The quantitative estimate of drug-likeness (QED) is 0.814. The number of nitrogens with zero attached hydrogens (tertiary/aromatic N) is 2. The molecule has 3 heterocycles. The van der Waals surface area contributed by atoms with Crippen molar-refractivity contribution in [2.75, 3.05) is 26.2 Å². The van der Waals surface area contributed by atoms with Gasteiger partial charge in [0.1, 0.15) is 0 Å². The van der Waals surface area contributed by atoms with Crippen LogP contribution in [0.25, 0.3) is 0 Å². The summed E-state index contributed by atoms with van der Waals surface area (Å²) in [6.07, 6.45) is 7.44. The summed E-state index contributed by atoms with van der Waals surface area (Å²) in [4.78, 5) is 30.9. The molecule has 0 spiro atoms. The van der Waals surface area contributed by atoms with Crippen LogP contribution in [0, 0.1) is 11.8 Å². The minimum atomic E-state index is -0.149. The first-order valence-electron chi connectivity index (χ1n) is 10.5. The topological polar surface area (TPSA) is 52.7 Å². The summed E-state index contributed by atoms with van der Waals surface area (Å²) in [5.74, 6) is 0.635. The maximum Gasteiger partial charge on any atom is 0.225 e. The molecule has 1 aromatic heterocycles. The fourth-order valence-electron chi connectivity index (χ4n) is 4.95. The number of rotatable bonds is 6. The average molecular weight is 390 g/mol. The van der Waals surface area contributed by atoms with Crippen LogP contribution in [0.5, 0.6) is 0 Å². The first-order valence-corrected chi connectivity index (χ1v) is 11.4. The molecule has 4 rings (SSSR count). The molecule has 6 heteroatoms. The molecule has 0 bridgehead atoms. The van der Waals surface area contributed by atoms with E-state index in [1.165, 1.54) is 30.6 Å². The Hall–Kier alpha value is -1.40. The van der Waals surface area contributed by atoms with E-state index in [4.69, 9.17) is 0 Å². The van der Waals surface area contributed by atoms with Gasteiger partial charge in [-0.2, -0.15) is 0 Å². The molecule has 2 amide bonds. The summed E-state index contributed by atoms with van der Waals surface area (Å²) >= 11 is 1.82. The van der Waals surface area contributed by atoms with Crippen LogP contribution in [0.4, 0.5) is 0 Å². The van der Waals surface area contributed by atoms with E-state index in [0.717, 1.165) is 39.0 Å². The Morgan fingerprint density at radius 3 is 2.81 bits per heavy atom. The van der Waals surface area contributed by atoms with Gasteiger partial charge in [-0.25, -0.2) is 0 Å². The molecule has 1 N–H and O–H groups in total. The Balaban J connectivity index is 1.22. The fraction of sp³-hybridized carbons (Fsp3) is 0.714. The van der Waals surface area contributed by atoms with Gasteiger partial charge in [0, 0.05) is 43.5 Å². The molecule has 27 heavy (non-hydrogen) atoms. The van der Waals surface area contributed by atoms with E-state index in [-0.39, 0.29) is 17.7 Å². The van der Waals surface area contributed by atoms with Crippen LogP contribution in [0.2, 0.25) is 0 Å². The summed E-state index contributed by atoms with van der Waals surface area (Å²) in [5, 5.41) is 5.30. The molecule has 2 atom stereocenters. The Morgan fingerprint density at radius 1 is 1.19 bits per heavy atom. The number of likely N-dealkylation sites (tertiary alicyclic amines) is 2. The minimum absolute atomic E-state index is 0.0826. The first kappa shape index (κ1) is 18.9. The highest BCUT2D eigenvalue weighted by molar-refractivity contribution is 7.09. The molecule has 2 aliphatic heterocycles. The Bertz CT molecular complexity index is 642. The normalized spacial score (nSPS) is 27.4. The van der Waals surface area contributed by atoms with Crippen molar-refractivity contribution in [1.82, 2.24) is 15.1 Å². The second-order valence-corrected chi connectivity index (χ2v) is 9.49. The lowest BCUT2D eigenvalue weighted by molar-refractivity contribution is -0.130. The summed E-state index contributed by atoms with van der Waals surface area (Å²) in [6.45, 7) is 4.60. The van der Waals surface area contributed by atoms with E-state index in [9.17, 15) is 9.59 Å². The first-order chi connectivity index (χ1) is 13.2. The van der Waals surface area contributed by atoms with Gasteiger partial charge < -0.3 is 10.2 Å². The van der Waals surface area contributed by atoms with Gasteiger partial charge in [0.25, 0.3) is 0 Å². The van der Waals surface area contributed by atoms with Gasteiger partial charge in [-0.1, -0.05) is 18.9 Å². The standard InChI is InChI=1S/C21H31N3O2S/c25-20-11-17(14-24(20)18-6-1-2-7-18)21(26)22-12-16-5-3-9-23(13-16)15-19-8-4-10-27-19/h4,8,10,16-18H,1-3,5-7,9,11-15H2,(H,22,26). The van der Waals surface area contributed by atoms with Crippen molar-refractivity contribution in [2.45, 2.75) is 57.5 Å². The minimum Gasteiger partial charge on any atom is -0.355 e. The van der Waals surface area contributed by atoms with Crippen molar-refractivity contribution in [3.05, 3.63) is 22.4 Å². The van der Waals surface area contributed by atoms with Crippen molar-refractivity contribution >= 4 is 23.2 Å². The molecule has 3 aliphatic rings. The van der Waals surface area contributed by atoms with Crippen molar-refractivity contribution in [3.63, 3.8) is 0 Å². The highest BCUT2D eigenvalue weighted by Gasteiger charge is 2.38. The van der Waals surface area contributed by atoms with Gasteiger partial charge in [0.15, 0.2) is 0 Å². The molecule has 0 aromatic carbocycles. The number of carbonyl (C=O) groups excluding carboxylic acids is 2. The smallest absolute Gasteiger partial charge is 0.225 e. The van der Waals surface area contributed by atoms with Gasteiger partial charge in [0.05, 0.1) is 5.92 Å². The van der Waals surface area contributed by atoms with E-state index in [2.05, 4.69) is 27.7 Å². The fourth-order valence-corrected chi connectivity index (χ4v) is 5.70. The molecule has 3 fully saturated rings. The summed E-state index contributed by atoms with van der Waals surface area (Å²) in [5.41, 5.74) is 0. The van der Waals surface area contributed by atoms with Crippen molar-refractivity contribution in [1.29, 1.82) is 0 Å². The molecular formula is C21H31N3O2S. The van der Waals surface area contributed by atoms with Gasteiger partial charge in [-0.05, 0) is 49.6 Å². The molecular weight excluding hydrogens is 358 g/mol. The van der Waals surface area contributed by atoms with Crippen molar-refractivity contribution < 1.29 is 9.59 Å². The second kappa shape index (κ2) is 8.74. The van der Waals surface area contributed by atoms with Crippen LogP contribution in [-0.2, 0) is 16.1 Å². The lowest BCUT2D eigenvalue weighted by Crippen LogP contribution is -2.42. The predicted molar refractivity (Wildman–Crippen MR) is 107 cm³/mol. The molecule has 148 valence electrons. The molecule has 2 saturated heterocycles. The van der Waals surface area contributed by atoms with Gasteiger partial charge in [0.2, 0.25) is 11.8 Å². The zero-order valence-electron chi connectivity index (χ0n) is 16.1. The largest absolute Gasteiger partial charge is 0.355 e. The van der Waals surface area contributed by atoms with E-state index in [1.807, 2.05) is 16.2 Å². The van der Waals surface area contributed by atoms with Crippen molar-refractivity contribution in [2.24, 2.45) is 11.8 Å². The molecule has 0 radical (unpaired) electrons. The SMILES string of the molecule is O=C(NCC1CCCN(Cc2cccs2)C1)C1CC(=O)N(C2CCCC2)C1. The average Bonchev–Trinajstić information content (AvgIpc) is 3.41. The van der Waals surface area contributed by atoms with Gasteiger partial charge in [-0.15, -0.1) is 11.3 Å². The molecule has 1 aliphatic carbocycles. The number of hydrogen-bond acceptors (Lipinski definition) is 4. The number of piperidine rings is 1. The van der Waals surface area contributed by atoms with Crippen molar-refractivity contribution in [3.8, 4) is 0 Å². The molecule has 5 nitrogen and oxygen atoms in total. The lowest BCUT2D eigenvalue weighted by atomic mass is 9.97. The molecule has 1 aromatic rings. The number of amides is 2. The maximum absolute atomic E-state index is 12.6. The van der Waals surface area contributed by atoms with E-state index < -0.39 is 0 Å². The maximum atomic E-state index is 12.6. The van der Waals surface area contributed by atoms with Crippen LogP contribution < -0.4 is 5.32 Å². The van der Waals surface area contributed by atoms with Gasteiger partial charge >= 0.3 is 0 Å². The lowest BCUT2D eigenvalue weighted by Gasteiger charge is -2.32. The summed E-state index contributed by atoms with van der Waals surface area (Å²) < 4.78 is 0. The Labute approximate surface area is 166 Å². The number of carbonyl (C=O) groups is 2. The third kappa shape index (κ3) is 4.72. The summed E-state index contributed by atoms with van der Waals surface area (Å²) in [7, 11) is 0. The predicted octanol–water partition coefficient (Wildman–Crippen LogP) is 2.87. The van der Waals surface area contributed by atoms with E-state index in [1.54, 1.807) is 0 Å². The second-order valence-electron chi connectivity index (χ2n) is 8.45. The zero-order chi connectivity index (χ0) is 18.6. The van der Waals surface area contributed by atoms with Crippen LogP contribution in [-0.4, -0.2) is 53.8 Å². The number of thiophene rings is 1. The van der Waals surface area contributed by atoms with Crippen LogP contribution in [0.3, 0.4) is 0 Å². The van der Waals surface area contributed by atoms with Crippen LogP contribution in [0.1, 0.15) is 49.8 Å². The highest BCUT2D eigenvalue weighted by atomic mass is 32.1. The Kier molecular flexibility index (Phi) is 6.13. The third-order valence-electron chi connectivity index (χ3n) is 6.42. The van der Waals surface area contributed by atoms with E-state index in [0.29, 0.717) is 24.9 Å². The summed E-state index contributed by atoms with van der Waals surface area (Å²) in [6, 6.07) is 4.70. The Morgan fingerprint density at radius 2 is 2.04 bits per heavy atom. The van der Waals surface area contributed by atoms with E-state index >= 15 is 0 Å². The van der Waals surface area contributed by atoms with Crippen LogP contribution >= 0.6 is 11.3 Å². The number of hydrogen-bond donors (Lipinski definition) is 1. The molecule has 2 unspecified atom stereocenters. The third-order valence-corrected chi connectivity index (χ3v) is 7.28. The number of nitrogens with one attached hydrogen (secondary N) is 1. The monoisotopic (exact) mass is 389 g/mol. The zero-order valence-corrected chi connectivity index (χ0v) is 16.9.